The number of benzene rings is 1. The summed E-state index contributed by atoms with van der Waals surface area (Å²) in [5.41, 5.74) is 1.65. The molecular weight excluding hydrogens is 328 g/mol. The summed E-state index contributed by atoms with van der Waals surface area (Å²) >= 11 is 5.89. The second kappa shape index (κ2) is 9.03. The number of esters is 1. The molecular formula is C18H19ClN2O3. The number of halogens is 1. The summed E-state index contributed by atoms with van der Waals surface area (Å²) < 4.78 is 4.71. The van der Waals surface area contributed by atoms with E-state index in [1.165, 1.54) is 7.11 Å². The number of aryl methyl sites for hydroxylation is 1. The van der Waals surface area contributed by atoms with Crippen LogP contribution in [0.4, 0.5) is 0 Å². The number of aromatic nitrogens is 1. The molecule has 0 spiro atoms. The number of hydrogen-bond donors (Lipinski definition) is 1. The van der Waals surface area contributed by atoms with Gasteiger partial charge < -0.3 is 10.1 Å². The van der Waals surface area contributed by atoms with Crippen molar-refractivity contribution in [2.75, 3.05) is 7.11 Å². The van der Waals surface area contributed by atoms with E-state index in [2.05, 4.69) is 10.3 Å². The molecule has 0 bridgehead atoms. The molecule has 0 saturated carbocycles. The van der Waals surface area contributed by atoms with Gasteiger partial charge >= 0.3 is 5.97 Å². The van der Waals surface area contributed by atoms with Crippen LogP contribution < -0.4 is 5.32 Å². The lowest BCUT2D eigenvalue weighted by Crippen LogP contribution is -2.30. The molecule has 0 saturated heterocycles. The fraction of sp³-hybridized carbons (Fsp3) is 0.278. The van der Waals surface area contributed by atoms with Gasteiger partial charge in [-0.15, -0.1) is 0 Å². The Morgan fingerprint density at radius 2 is 1.96 bits per heavy atom. The van der Waals surface area contributed by atoms with Gasteiger partial charge in [0.2, 0.25) is 5.91 Å². The molecule has 0 fully saturated rings. The first-order chi connectivity index (χ1) is 11.6. The van der Waals surface area contributed by atoms with Crippen LogP contribution in [0.1, 0.15) is 30.1 Å². The maximum atomic E-state index is 12.2. The Bertz CT molecular complexity index is 674. The highest BCUT2D eigenvalue weighted by Gasteiger charge is 2.19. The van der Waals surface area contributed by atoms with Crippen LogP contribution in [0.2, 0.25) is 5.02 Å². The zero-order valence-electron chi connectivity index (χ0n) is 13.4. The lowest BCUT2D eigenvalue weighted by atomic mass is 10.0. The number of ether oxygens (including phenoxy) is 1. The van der Waals surface area contributed by atoms with Crippen LogP contribution >= 0.6 is 11.6 Å². The summed E-state index contributed by atoms with van der Waals surface area (Å²) in [4.78, 5) is 28.0. The normalized spacial score (nSPS) is 11.6. The van der Waals surface area contributed by atoms with Gasteiger partial charge in [0.15, 0.2) is 0 Å². The van der Waals surface area contributed by atoms with E-state index in [0.29, 0.717) is 17.9 Å². The van der Waals surface area contributed by atoms with E-state index in [1.807, 2.05) is 18.2 Å². The summed E-state index contributed by atoms with van der Waals surface area (Å²) in [6.07, 6.45) is 2.59. The average Bonchev–Trinajstić information content (AvgIpc) is 2.61. The van der Waals surface area contributed by atoms with Crippen LogP contribution in [-0.4, -0.2) is 24.0 Å². The predicted molar refractivity (Wildman–Crippen MR) is 91.5 cm³/mol. The molecule has 126 valence electrons. The fourth-order valence-corrected chi connectivity index (χ4v) is 2.38. The van der Waals surface area contributed by atoms with Crippen LogP contribution in [0.15, 0.2) is 48.7 Å². The zero-order valence-corrected chi connectivity index (χ0v) is 14.1. The molecule has 5 nitrogen and oxygen atoms in total. The number of methoxy groups -OCH3 is 1. The Morgan fingerprint density at radius 3 is 2.58 bits per heavy atom. The molecule has 1 aromatic carbocycles. The Morgan fingerprint density at radius 1 is 1.21 bits per heavy atom. The molecule has 1 atom stereocenters. The Labute approximate surface area is 146 Å². The molecule has 0 aliphatic rings. The molecule has 1 amide bonds. The second-order valence-corrected chi connectivity index (χ2v) is 5.71. The van der Waals surface area contributed by atoms with Crippen molar-refractivity contribution in [1.82, 2.24) is 10.3 Å². The van der Waals surface area contributed by atoms with Crippen molar-refractivity contribution in [3.8, 4) is 0 Å². The third-order valence-electron chi connectivity index (χ3n) is 3.54. The van der Waals surface area contributed by atoms with E-state index >= 15 is 0 Å². The largest absolute Gasteiger partial charge is 0.469 e. The fourth-order valence-electron chi connectivity index (χ4n) is 2.25. The molecule has 1 unspecified atom stereocenters. The van der Waals surface area contributed by atoms with Crippen molar-refractivity contribution in [2.45, 2.75) is 25.3 Å². The van der Waals surface area contributed by atoms with Gasteiger partial charge in [-0.3, -0.25) is 14.6 Å². The monoisotopic (exact) mass is 346 g/mol. The number of carbonyl (C=O) groups excluding carboxylic acids is 2. The topological polar surface area (TPSA) is 68.3 Å². The number of nitrogens with zero attached hydrogens (tertiary/aromatic N) is 1. The summed E-state index contributed by atoms with van der Waals surface area (Å²) in [6.45, 7) is 0. The summed E-state index contributed by atoms with van der Waals surface area (Å²) in [5, 5.41) is 3.47. The van der Waals surface area contributed by atoms with E-state index in [0.717, 1.165) is 11.3 Å². The van der Waals surface area contributed by atoms with E-state index in [4.69, 9.17) is 16.3 Å². The lowest BCUT2D eigenvalue weighted by Gasteiger charge is -2.18. The minimum atomic E-state index is -0.453. The van der Waals surface area contributed by atoms with Crippen molar-refractivity contribution in [2.24, 2.45) is 0 Å². The highest BCUT2D eigenvalue weighted by molar-refractivity contribution is 6.30. The van der Waals surface area contributed by atoms with Gasteiger partial charge in [-0.25, -0.2) is 0 Å². The van der Waals surface area contributed by atoms with E-state index in [1.54, 1.807) is 30.5 Å². The van der Waals surface area contributed by atoms with Crippen LogP contribution in [0.3, 0.4) is 0 Å². The van der Waals surface area contributed by atoms with E-state index in [-0.39, 0.29) is 18.3 Å². The van der Waals surface area contributed by atoms with Gasteiger partial charge in [0.1, 0.15) is 0 Å². The lowest BCUT2D eigenvalue weighted by molar-refractivity contribution is -0.141. The maximum Gasteiger partial charge on any atom is 0.307 e. The number of carbonyl (C=O) groups is 2. The van der Waals surface area contributed by atoms with Crippen molar-refractivity contribution >= 4 is 23.5 Å². The number of pyridine rings is 1. The SMILES string of the molecule is COC(=O)CC(NC(=O)CCc1ccccn1)c1ccc(Cl)cc1. The number of rotatable bonds is 7. The van der Waals surface area contributed by atoms with Gasteiger partial charge in [-0.2, -0.15) is 0 Å². The third-order valence-corrected chi connectivity index (χ3v) is 3.79. The molecule has 1 N–H and O–H groups in total. The Balaban J connectivity index is 2.00. The van der Waals surface area contributed by atoms with Crippen molar-refractivity contribution < 1.29 is 14.3 Å². The highest BCUT2D eigenvalue weighted by atomic mass is 35.5. The first kappa shape index (κ1) is 17.9. The van der Waals surface area contributed by atoms with Gasteiger partial charge in [0.25, 0.3) is 0 Å². The molecule has 2 rings (SSSR count). The molecule has 0 aliphatic heterocycles. The zero-order chi connectivity index (χ0) is 17.4. The molecule has 1 aromatic heterocycles. The molecule has 0 radical (unpaired) electrons. The van der Waals surface area contributed by atoms with Gasteiger partial charge in [-0.1, -0.05) is 29.8 Å². The minimum absolute atomic E-state index is 0.0630. The Hall–Kier alpha value is -2.40. The second-order valence-electron chi connectivity index (χ2n) is 5.27. The average molecular weight is 347 g/mol. The maximum absolute atomic E-state index is 12.2. The van der Waals surface area contributed by atoms with Crippen LogP contribution in [-0.2, 0) is 20.7 Å². The molecule has 6 heteroatoms. The summed E-state index contributed by atoms with van der Waals surface area (Å²) in [7, 11) is 1.32. The van der Waals surface area contributed by atoms with Gasteiger partial charge in [0.05, 0.1) is 19.6 Å². The first-order valence-corrected chi connectivity index (χ1v) is 7.98. The van der Waals surface area contributed by atoms with Crippen molar-refractivity contribution in [3.63, 3.8) is 0 Å². The van der Waals surface area contributed by atoms with Crippen LogP contribution in [0.25, 0.3) is 0 Å². The number of amides is 1. The molecule has 0 aliphatic carbocycles. The van der Waals surface area contributed by atoms with E-state index < -0.39 is 6.04 Å². The standard InChI is InChI=1S/C18H19ClN2O3/c1-24-18(23)12-16(13-5-7-14(19)8-6-13)21-17(22)10-9-15-4-2-3-11-20-15/h2-8,11,16H,9-10,12H2,1H3,(H,21,22). The quantitative estimate of drug-likeness (QED) is 0.782. The summed E-state index contributed by atoms with van der Waals surface area (Å²) in [6, 6.07) is 12.2. The smallest absolute Gasteiger partial charge is 0.307 e. The van der Waals surface area contributed by atoms with Gasteiger partial charge in [-0.05, 0) is 36.2 Å². The number of hydrogen-bond acceptors (Lipinski definition) is 4. The molecule has 24 heavy (non-hydrogen) atoms. The van der Waals surface area contributed by atoms with Crippen LogP contribution in [0, 0.1) is 0 Å². The van der Waals surface area contributed by atoms with Crippen molar-refractivity contribution in [1.29, 1.82) is 0 Å². The Kier molecular flexibility index (Phi) is 6.75. The van der Waals surface area contributed by atoms with Crippen molar-refractivity contribution in [3.05, 3.63) is 64.9 Å². The summed E-state index contributed by atoms with van der Waals surface area (Å²) in [5.74, 6) is -0.538. The third kappa shape index (κ3) is 5.66. The highest BCUT2D eigenvalue weighted by Crippen LogP contribution is 2.20. The minimum Gasteiger partial charge on any atom is -0.469 e. The predicted octanol–water partition coefficient (Wildman–Crippen LogP) is 3.09. The van der Waals surface area contributed by atoms with Crippen LogP contribution in [0.5, 0.6) is 0 Å². The van der Waals surface area contributed by atoms with Gasteiger partial charge in [0, 0.05) is 23.3 Å². The first-order valence-electron chi connectivity index (χ1n) is 7.60. The molecule has 2 aromatic rings. The number of nitrogens with one attached hydrogen (secondary N) is 1. The van der Waals surface area contributed by atoms with E-state index in [9.17, 15) is 9.59 Å². The molecule has 1 heterocycles.